The number of halogens is 2. The molecule has 128 valence electrons. The second kappa shape index (κ2) is 7.11. The number of carbonyl (C=O) groups excluding carboxylic acids is 1. The first kappa shape index (κ1) is 16.6. The lowest BCUT2D eigenvalue weighted by atomic mass is 9.88. The largest absolute Gasteiger partial charge is 0.322 e. The maximum Gasteiger partial charge on any atom is 0.227 e. The van der Waals surface area contributed by atoms with Crippen molar-refractivity contribution in [1.29, 1.82) is 0 Å². The Morgan fingerprint density at radius 2 is 2.00 bits per heavy atom. The van der Waals surface area contributed by atoms with Crippen molar-refractivity contribution in [3.8, 4) is 11.3 Å². The van der Waals surface area contributed by atoms with Crippen LogP contribution in [0.4, 0.5) is 14.5 Å². The van der Waals surface area contributed by atoms with E-state index in [9.17, 15) is 13.6 Å². The van der Waals surface area contributed by atoms with E-state index in [0.717, 1.165) is 43.5 Å². The van der Waals surface area contributed by atoms with Gasteiger partial charge in [0.15, 0.2) is 11.6 Å². The molecule has 1 amide bonds. The third kappa shape index (κ3) is 3.32. The van der Waals surface area contributed by atoms with E-state index in [1.165, 1.54) is 12.5 Å². The summed E-state index contributed by atoms with van der Waals surface area (Å²) in [5, 5.41) is 10.0. The number of anilines is 1. The monoisotopic (exact) mass is 333 g/mol. The van der Waals surface area contributed by atoms with E-state index < -0.39 is 11.6 Å². The van der Waals surface area contributed by atoms with Gasteiger partial charge < -0.3 is 5.32 Å². The molecule has 1 aromatic heterocycles. The second-order valence-electron chi connectivity index (χ2n) is 6.23. The predicted octanol–water partition coefficient (Wildman–Crippen LogP) is 4.44. The van der Waals surface area contributed by atoms with Gasteiger partial charge in [0.1, 0.15) is 5.69 Å². The zero-order valence-corrected chi connectivity index (χ0v) is 13.7. The molecule has 3 rings (SSSR count). The molecular formula is C18H21F2N3O. The van der Waals surface area contributed by atoms with E-state index >= 15 is 0 Å². The molecule has 1 heterocycles. The maximum atomic E-state index is 13.5. The van der Waals surface area contributed by atoms with E-state index in [4.69, 9.17) is 0 Å². The summed E-state index contributed by atoms with van der Waals surface area (Å²) in [6.45, 7) is 1.94. The average molecular weight is 333 g/mol. The lowest BCUT2D eigenvalue weighted by molar-refractivity contribution is -0.120. The molecule has 0 aliphatic heterocycles. The fourth-order valence-electron chi connectivity index (χ4n) is 3.21. The number of carbonyl (C=O) groups is 1. The smallest absolute Gasteiger partial charge is 0.227 e. The number of rotatable bonds is 4. The summed E-state index contributed by atoms with van der Waals surface area (Å²) in [7, 11) is 0. The van der Waals surface area contributed by atoms with E-state index in [-0.39, 0.29) is 11.8 Å². The molecule has 1 aliphatic rings. The molecule has 2 N–H and O–H groups in total. The summed E-state index contributed by atoms with van der Waals surface area (Å²) < 4.78 is 26.7. The Hall–Kier alpha value is -2.24. The fourth-order valence-corrected chi connectivity index (χ4v) is 3.21. The Morgan fingerprint density at radius 1 is 1.25 bits per heavy atom. The number of hydrogen-bond acceptors (Lipinski definition) is 2. The van der Waals surface area contributed by atoms with Crippen molar-refractivity contribution in [1.82, 2.24) is 10.2 Å². The first-order valence-corrected chi connectivity index (χ1v) is 8.43. The molecule has 0 saturated heterocycles. The molecule has 0 radical (unpaired) electrons. The number of benzene rings is 1. The highest BCUT2D eigenvalue weighted by Crippen LogP contribution is 2.32. The SMILES string of the molecule is CCc1[nH]nc(-c2ccc(F)c(F)c2)c1NC(=O)C1CCCCC1. The van der Waals surface area contributed by atoms with Gasteiger partial charge in [-0.05, 0) is 37.5 Å². The Kier molecular flexibility index (Phi) is 4.92. The summed E-state index contributed by atoms with van der Waals surface area (Å²) in [4.78, 5) is 12.6. The van der Waals surface area contributed by atoms with E-state index in [1.807, 2.05) is 6.92 Å². The van der Waals surface area contributed by atoms with Gasteiger partial charge in [0.2, 0.25) is 5.91 Å². The van der Waals surface area contributed by atoms with Gasteiger partial charge in [-0.1, -0.05) is 26.2 Å². The molecule has 0 atom stereocenters. The molecule has 6 heteroatoms. The molecule has 0 bridgehead atoms. The molecule has 1 aliphatic carbocycles. The number of aryl methyl sites for hydroxylation is 1. The topological polar surface area (TPSA) is 57.8 Å². The number of nitrogens with one attached hydrogen (secondary N) is 2. The van der Waals surface area contributed by atoms with Gasteiger partial charge in [-0.2, -0.15) is 5.10 Å². The molecule has 1 aromatic carbocycles. The van der Waals surface area contributed by atoms with Gasteiger partial charge in [0.05, 0.1) is 11.4 Å². The molecule has 0 unspecified atom stereocenters. The van der Waals surface area contributed by atoms with Gasteiger partial charge in [-0.25, -0.2) is 8.78 Å². The van der Waals surface area contributed by atoms with Crippen LogP contribution < -0.4 is 5.32 Å². The number of H-pyrrole nitrogens is 1. The van der Waals surface area contributed by atoms with Crippen LogP contribution in [0, 0.1) is 17.6 Å². The van der Waals surface area contributed by atoms with E-state index in [2.05, 4.69) is 15.5 Å². The van der Waals surface area contributed by atoms with E-state index in [1.54, 1.807) is 0 Å². The number of aromatic nitrogens is 2. The first-order chi connectivity index (χ1) is 11.6. The molecule has 1 saturated carbocycles. The highest BCUT2D eigenvalue weighted by atomic mass is 19.2. The maximum absolute atomic E-state index is 13.5. The van der Waals surface area contributed by atoms with Crippen LogP contribution in [0.5, 0.6) is 0 Å². The summed E-state index contributed by atoms with van der Waals surface area (Å²) >= 11 is 0. The molecule has 1 fully saturated rings. The third-order valence-corrected chi connectivity index (χ3v) is 4.61. The minimum Gasteiger partial charge on any atom is -0.322 e. The Balaban J connectivity index is 1.90. The lowest BCUT2D eigenvalue weighted by Gasteiger charge is -2.21. The van der Waals surface area contributed by atoms with Crippen LogP contribution in [0.2, 0.25) is 0 Å². The highest BCUT2D eigenvalue weighted by molar-refractivity contribution is 5.96. The Bertz CT molecular complexity index is 736. The minimum atomic E-state index is -0.932. The Morgan fingerprint density at radius 3 is 2.67 bits per heavy atom. The van der Waals surface area contributed by atoms with Crippen molar-refractivity contribution in [2.45, 2.75) is 45.4 Å². The summed E-state index contributed by atoms with van der Waals surface area (Å²) in [6, 6.07) is 3.63. The van der Waals surface area contributed by atoms with Crippen LogP contribution in [-0.4, -0.2) is 16.1 Å². The summed E-state index contributed by atoms with van der Waals surface area (Å²) in [5.74, 6) is -1.85. The number of hydrogen-bond donors (Lipinski definition) is 2. The fraction of sp³-hybridized carbons (Fsp3) is 0.444. The van der Waals surface area contributed by atoms with Gasteiger partial charge in [-0.15, -0.1) is 0 Å². The van der Waals surface area contributed by atoms with Crippen LogP contribution in [0.1, 0.15) is 44.7 Å². The zero-order valence-electron chi connectivity index (χ0n) is 13.7. The van der Waals surface area contributed by atoms with Gasteiger partial charge in [0, 0.05) is 11.5 Å². The number of amides is 1. The van der Waals surface area contributed by atoms with Crippen LogP contribution >= 0.6 is 0 Å². The van der Waals surface area contributed by atoms with Crippen LogP contribution in [0.25, 0.3) is 11.3 Å². The van der Waals surface area contributed by atoms with Crippen molar-refractivity contribution in [3.05, 3.63) is 35.5 Å². The molecular weight excluding hydrogens is 312 g/mol. The number of aromatic amines is 1. The summed E-state index contributed by atoms with van der Waals surface area (Å²) in [6.07, 6.45) is 5.75. The molecule has 0 spiro atoms. The Labute approximate surface area is 139 Å². The van der Waals surface area contributed by atoms with Crippen LogP contribution in [-0.2, 0) is 11.2 Å². The van der Waals surface area contributed by atoms with Crippen LogP contribution in [0.15, 0.2) is 18.2 Å². The highest BCUT2D eigenvalue weighted by Gasteiger charge is 2.24. The molecule has 24 heavy (non-hydrogen) atoms. The van der Waals surface area contributed by atoms with Crippen molar-refractivity contribution >= 4 is 11.6 Å². The minimum absolute atomic E-state index is 0.0103. The van der Waals surface area contributed by atoms with Gasteiger partial charge in [0.25, 0.3) is 0 Å². The lowest BCUT2D eigenvalue weighted by Crippen LogP contribution is -2.25. The molecule has 4 nitrogen and oxygen atoms in total. The van der Waals surface area contributed by atoms with Gasteiger partial charge >= 0.3 is 0 Å². The second-order valence-corrected chi connectivity index (χ2v) is 6.23. The third-order valence-electron chi connectivity index (χ3n) is 4.61. The van der Waals surface area contributed by atoms with Crippen molar-refractivity contribution < 1.29 is 13.6 Å². The van der Waals surface area contributed by atoms with Crippen molar-refractivity contribution in [3.63, 3.8) is 0 Å². The zero-order chi connectivity index (χ0) is 17.1. The van der Waals surface area contributed by atoms with Crippen LogP contribution in [0.3, 0.4) is 0 Å². The van der Waals surface area contributed by atoms with Gasteiger partial charge in [-0.3, -0.25) is 9.89 Å². The first-order valence-electron chi connectivity index (χ1n) is 8.43. The summed E-state index contributed by atoms with van der Waals surface area (Å²) in [5.41, 5.74) is 2.22. The predicted molar refractivity (Wildman–Crippen MR) is 88.5 cm³/mol. The van der Waals surface area contributed by atoms with E-state index in [0.29, 0.717) is 23.4 Å². The average Bonchev–Trinajstić information content (AvgIpc) is 3.00. The number of nitrogens with zero attached hydrogens (tertiary/aromatic N) is 1. The molecule has 2 aromatic rings. The standard InChI is InChI=1S/C18H21F2N3O/c1-2-15-17(21-18(24)11-6-4-3-5-7-11)16(23-22-15)12-8-9-13(19)14(20)10-12/h8-11H,2-7H2,1H3,(H,21,24)(H,22,23). The quantitative estimate of drug-likeness (QED) is 0.869. The van der Waals surface area contributed by atoms with Crippen molar-refractivity contribution in [2.75, 3.05) is 5.32 Å². The normalized spacial score (nSPS) is 15.5. The van der Waals surface area contributed by atoms with Crippen molar-refractivity contribution in [2.24, 2.45) is 5.92 Å².